The van der Waals surface area contributed by atoms with Crippen LogP contribution in [0.3, 0.4) is 0 Å². The number of allylic oxidation sites excluding steroid dienone is 1. The van der Waals surface area contributed by atoms with Crippen molar-refractivity contribution in [1.82, 2.24) is 5.43 Å². The maximum atomic E-state index is 5.79. The summed E-state index contributed by atoms with van der Waals surface area (Å²) in [4.78, 5) is 0. The highest BCUT2D eigenvalue weighted by Gasteiger charge is 2.21. The zero-order chi connectivity index (χ0) is 15.2. The predicted octanol–water partition coefficient (Wildman–Crippen LogP) is 2.72. The number of hydrogen-bond donors (Lipinski definition) is 2. The van der Waals surface area contributed by atoms with Gasteiger partial charge in [0, 0.05) is 0 Å². The number of hydrazine groups is 1. The average Bonchev–Trinajstić information content (AvgIpc) is 2.55. The van der Waals surface area contributed by atoms with Gasteiger partial charge in [-0.25, -0.2) is 5.43 Å². The van der Waals surface area contributed by atoms with Crippen molar-refractivity contribution < 1.29 is 14.2 Å². The van der Waals surface area contributed by atoms with Crippen molar-refractivity contribution in [2.75, 3.05) is 21.3 Å². The van der Waals surface area contributed by atoms with E-state index in [0.29, 0.717) is 17.2 Å². The summed E-state index contributed by atoms with van der Waals surface area (Å²) in [6.45, 7) is 0. The summed E-state index contributed by atoms with van der Waals surface area (Å²) >= 11 is 0. The molecule has 0 radical (unpaired) electrons. The van der Waals surface area contributed by atoms with E-state index in [4.69, 9.17) is 20.1 Å². The third-order valence-electron chi connectivity index (χ3n) is 3.88. The molecular weight excluding hydrogens is 268 g/mol. The number of hydrogen-bond acceptors (Lipinski definition) is 5. The van der Waals surface area contributed by atoms with E-state index in [1.54, 1.807) is 21.3 Å². The molecule has 1 aromatic rings. The lowest BCUT2D eigenvalue weighted by Crippen LogP contribution is -2.30. The van der Waals surface area contributed by atoms with Gasteiger partial charge in [-0.3, -0.25) is 5.84 Å². The fourth-order valence-electron chi connectivity index (χ4n) is 2.81. The maximum absolute atomic E-state index is 5.79. The Morgan fingerprint density at radius 3 is 2.14 bits per heavy atom. The molecule has 1 aliphatic carbocycles. The van der Waals surface area contributed by atoms with Crippen LogP contribution in [-0.2, 0) is 0 Å². The molecule has 0 saturated carbocycles. The summed E-state index contributed by atoms with van der Waals surface area (Å²) in [5.74, 6) is 7.66. The second kappa shape index (κ2) is 7.33. The van der Waals surface area contributed by atoms with Crippen LogP contribution >= 0.6 is 0 Å². The highest BCUT2D eigenvalue weighted by molar-refractivity contribution is 5.55. The summed E-state index contributed by atoms with van der Waals surface area (Å²) in [7, 11) is 4.83. The summed E-state index contributed by atoms with van der Waals surface area (Å²) in [5.41, 5.74) is 5.24. The van der Waals surface area contributed by atoms with E-state index < -0.39 is 0 Å². The van der Waals surface area contributed by atoms with Gasteiger partial charge in [-0.15, -0.1) is 0 Å². The summed E-state index contributed by atoms with van der Waals surface area (Å²) in [6.07, 6.45) is 6.89. The minimum absolute atomic E-state index is 0.0287. The molecule has 5 nitrogen and oxygen atoms in total. The van der Waals surface area contributed by atoms with Gasteiger partial charge in [0.2, 0.25) is 5.75 Å². The van der Waals surface area contributed by atoms with Gasteiger partial charge in [0.05, 0.1) is 27.4 Å². The number of rotatable bonds is 6. The van der Waals surface area contributed by atoms with Gasteiger partial charge in [0.25, 0.3) is 0 Å². The number of ether oxygens (including phenoxy) is 3. The largest absolute Gasteiger partial charge is 0.493 e. The monoisotopic (exact) mass is 292 g/mol. The third kappa shape index (κ3) is 3.31. The van der Waals surface area contributed by atoms with E-state index in [9.17, 15) is 0 Å². The van der Waals surface area contributed by atoms with Crippen LogP contribution in [0.4, 0.5) is 0 Å². The fourth-order valence-corrected chi connectivity index (χ4v) is 2.81. The molecule has 2 rings (SSSR count). The molecule has 0 saturated heterocycles. The van der Waals surface area contributed by atoms with E-state index >= 15 is 0 Å². The summed E-state index contributed by atoms with van der Waals surface area (Å²) in [6, 6.07) is 3.86. The molecular formula is C16H24N2O3. The highest BCUT2D eigenvalue weighted by Crippen LogP contribution is 2.41. The lowest BCUT2D eigenvalue weighted by molar-refractivity contribution is 0.323. The minimum Gasteiger partial charge on any atom is -0.493 e. The molecule has 116 valence electrons. The smallest absolute Gasteiger partial charge is 0.203 e. The molecule has 1 atom stereocenters. The lowest BCUT2D eigenvalue weighted by atomic mass is 9.90. The van der Waals surface area contributed by atoms with Crippen molar-refractivity contribution in [1.29, 1.82) is 0 Å². The van der Waals surface area contributed by atoms with E-state index in [1.807, 2.05) is 12.1 Å². The van der Waals surface area contributed by atoms with Crippen molar-refractivity contribution in [3.05, 3.63) is 29.3 Å². The topological polar surface area (TPSA) is 65.7 Å². The number of benzene rings is 1. The lowest BCUT2D eigenvalue weighted by Gasteiger charge is -2.24. The first-order chi connectivity index (χ1) is 10.2. The Labute approximate surface area is 126 Å². The minimum atomic E-state index is -0.0287. The van der Waals surface area contributed by atoms with E-state index in [-0.39, 0.29) is 6.04 Å². The van der Waals surface area contributed by atoms with E-state index in [0.717, 1.165) is 18.4 Å². The van der Waals surface area contributed by atoms with Gasteiger partial charge in [-0.1, -0.05) is 11.6 Å². The normalized spacial score (nSPS) is 16.1. The van der Waals surface area contributed by atoms with Gasteiger partial charge in [-0.2, -0.15) is 0 Å². The molecule has 0 heterocycles. The third-order valence-corrected chi connectivity index (χ3v) is 3.88. The van der Waals surface area contributed by atoms with Crippen LogP contribution in [0.25, 0.3) is 0 Å². The summed E-state index contributed by atoms with van der Waals surface area (Å²) in [5, 5.41) is 0. The van der Waals surface area contributed by atoms with E-state index in [1.165, 1.54) is 18.4 Å². The first-order valence-corrected chi connectivity index (χ1v) is 7.20. The zero-order valence-electron chi connectivity index (χ0n) is 12.9. The second-order valence-corrected chi connectivity index (χ2v) is 5.08. The summed E-state index contributed by atoms with van der Waals surface area (Å²) < 4.78 is 16.2. The second-order valence-electron chi connectivity index (χ2n) is 5.08. The molecule has 3 N–H and O–H groups in total. The first kappa shape index (κ1) is 15.7. The Morgan fingerprint density at radius 1 is 1.05 bits per heavy atom. The molecule has 0 aromatic heterocycles. The van der Waals surface area contributed by atoms with E-state index in [2.05, 4.69) is 11.5 Å². The average molecular weight is 292 g/mol. The van der Waals surface area contributed by atoms with Crippen LogP contribution in [-0.4, -0.2) is 21.3 Å². The Bertz CT molecular complexity index is 489. The number of nitrogens with two attached hydrogens (primary N) is 1. The molecule has 1 unspecified atom stereocenters. The standard InChI is InChI=1S/C16H24N2O3/c1-19-13-9-12(10-14(20-2)16(13)21-3)15(18-17)11-7-5-4-6-8-11/h7,9-10,15,18H,4-6,8,17H2,1-3H3. The Morgan fingerprint density at radius 2 is 1.71 bits per heavy atom. The zero-order valence-corrected chi connectivity index (χ0v) is 12.9. The molecule has 5 heteroatoms. The van der Waals surface area contributed by atoms with Crippen LogP contribution in [0, 0.1) is 0 Å². The molecule has 1 aliphatic rings. The Balaban J connectivity index is 2.43. The van der Waals surface area contributed by atoms with Crippen molar-refractivity contribution in [2.45, 2.75) is 31.7 Å². The molecule has 0 aliphatic heterocycles. The maximum Gasteiger partial charge on any atom is 0.203 e. The van der Waals surface area contributed by atoms with Crippen LogP contribution in [0.1, 0.15) is 37.3 Å². The fraction of sp³-hybridized carbons (Fsp3) is 0.500. The Hall–Kier alpha value is -1.72. The quantitative estimate of drug-likeness (QED) is 0.479. The van der Waals surface area contributed by atoms with Crippen molar-refractivity contribution in [3.63, 3.8) is 0 Å². The number of methoxy groups -OCH3 is 3. The first-order valence-electron chi connectivity index (χ1n) is 7.20. The van der Waals surface area contributed by atoms with Crippen molar-refractivity contribution in [2.24, 2.45) is 5.84 Å². The van der Waals surface area contributed by atoms with Crippen LogP contribution < -0.4 is 25.5 Å². The van der Waals surface area contributed by atoms with Gasteiger partial charge in [0.15, 0.2) is 11.5 Å². The predicted molar refractivity (Wildman–Crippen MR) is 82.7 cm³/mol. The molecule has 0 fully saturated rings. The Kier molecular flexibility index (Phi) is 5.47. The molecule has 0 spiro atoms. The van der Waals surface area contributed by atoms with Gasteiger partial charge < -0.3 is 14.2 Å². The molecule has 21 heavy (non-hydrogen) atoms. The number of nitrogens with one attached hydrogen (secondary N) is 1. The molecule has 0 bridgehead atoms. The van der Waals surface area contributed by atoms with Crippen LogP contribution in [0.5, 0.6) is 17.2 Å². The van der Waals surface area contributed by atoms with Gasteiger partial charge in [0.1, 0.15) is 0 Å². The highest BCUT2D eigenvalue weighted by atomic mass is 16.5. The van der Waals surface area contributed by atoms with Crippen LogP contribution in [0.2, 0.25) is 0 Å². The van der Waals surface area contributed by atoms with Gasteiger partial charge >= 0.3 is 0 Å². The SMILES string of the molecule is COc1cc(C(NN)C2=CCCCC2)cc(OC)c1OC. The molecule has 1 aromatic carbocycles. The van der Waals surface area contributed by atoms with Gasteiger partial charge in [-0.05, 0) is 43.4 Å². The van der Waals surface area contributed by atoms with Crippen molar-refractivity contribution >= 4 is 0 Å². The van der Waals surface area contributed by atoms with Crippen LogP contribution in [0.15, 0.2) is 23.8 Å². The molecule has 0 amide bonds. The van der Waals surface area contributed by atoms with Crippen molar-refractivity contribution in [3.8, 4) is 17.2 Å².